The van der Waals surface area contributed by atoms with E-state index in [-0.39, 0.29) is 47.2 Å². The van der Waals surface area contributed by atoms with Gasteiger partial charge < -0.3 is 69.6 Å². The first-order chi connectivity index (χ1) is 25.4. The van der Waals surface area contributed by atoms with Gasteiger partial charge in [0, 0.05) is 5.41 Å². The lowest BCUT2D eigenvalue weighted by atomic mass is 9.35. The molecule has 3 heterocycles. The second-order valence-corrected chi connectivity index (χ2v) is 20.8. The predicted molar refractivity (Wildman–Crippen MR) is 196 cm³/mol. The summed E-state index contributed by atoms with van der Waals surface area (Å²) in [5.74, 6) is -0.000596. The Hall–Kier alpha value is -0.560. The van der Waals surface area contributed by atoms with E-state index >= 15 is 0 Å². The molecule has 0 aromatic carbocycles. The van der Waals surface area contributed by atoms with Gasteiger partial charge in [-0.05, 0) is 112 Å². The van der Waals surface area contributed by atoms with Gasteiger partial charge in [-0.25, -0.2) is 0 Å². The average molecular weight is 787 g/mol. The Bertz CT molecular complexity index is 1390. The molecule has 14 nitrogen and oxygen atoms in total. The highest BCUT2D eigenvalue weighted by Gasteiger charge is 2.73. The fraction of sp³-hybridized carbons (Fsp3) is 1.00. The first-order valence-electron chi connectivity index (χ1n) is 20.8. The molecule has 0 unspecified atom stereocenters. The first-order valence-corrected chi connectivity index (χ1v) is 20.8. The summed E-state index contributed by atoms with van der Waals surface area (Å²) in [6.45, 7) is 15.8. The molecule has 9 N–H and O–H groups in total. The molecule has 55 heavy (non-hydrogen) atoms. The zero-order valence-corrected chi connectivity index (χ0v) is 34.0. The van der Waals surface area contributed by atoms with Gasteiger partial charge in [0.1, 0.15) is 42.7 Å². The van der Waals surface area contributed by atoms with Gasteiger partial charge in [-0.1, -0.05) is 34.6 Å². The van der Waals surface area contributed by atoms with Crippen molar-refractivity contribution in [2.45, 2.75) is 198 Å². The van der Waals surface area contributed by atoms with Gasteiger partial charge >= 0.3 is 0 Å². The minimum absolute atomic E-state index is 0.0503. The van der Waals surface area contributed by atoms with Crippen molar-refractivity contribution in [1.29, 1.82) is 0 Å². The minimum Gasteiger partial charge on any atom is -0.394 e. The van der Waals surface area contributed by atoms with E-state index in [0.29, 0.717) is 25.7 Å². The van der Waals surface area contributed by atoms with Gasteiger partial charge in [0.15, 0.2) is 12.6 Å². The fourth-order valence-corrected chi connectivity index (χ4v) is 14.1. The maximum absolute atomic E-state index is 12.5. The van der Waals surface area contributed by atoms with Crippen LogP contribution in [0.25, 0.3) is 0 Å². The van der Waals surface area contributed by atoms with Crippen LogP contribution in [0.4, 0.5) is 0 Å². The largest absolute Gasteiger partial charge is 0.394 e. The lowest BCUT2D eigenvalue weighted by molar-refractivity contribution is -0.372. The monoisotopic (exact) mass is 786 g/mol. The highest BCUT2D eigenvalue weighted by Crippen LogP contribution is 2.75. The Balaban J connectivity index is 1.23. The molecule has 7 rings (SSSR count). The molecule has 14 heteroatoms. The summed E-state index contributed by atoms with van der Waals surface area (Å²) in [5.41, 5.74) is -3.36. The number of aliphatic hydroxyl groups is 9. The van der Waals surface area contributed by atoms with Gasteiger partial charge in [0.2, 0.25) is 0 Å². The van der Waals surface area contributed by atoms with Gasteiger partial charge in [-0.15, -0.1) is 0 Å². The molecule has 0 spiro atoms. The molecule has 21 atom stereocenters. The van der Waals surface area contributed by atoms with Crippen molar-refractivity contribution in [3.05, 3.63) is 0 Å². The second-order valence-electron chi connectivity index (χ2n) is 20.8. The van der Waals surface area contributed by atoms with Crippen LogP contribution in [0.1, 0.15) is 107 Å². The summed E-state index contributed by atoms with van der Waals surface area (Å²) in [5, 5.41) is 98.5. The summed E-state index contributed by atoms with van der Waals surface area (Å²) in [6.07, 6.45) is -9.83. The number of rotatable bonds is 7. The van der Waals surface area contributed by atoms with Crippen molar-refractivity contribution in [3.8, 4) is 0 Å². The molecule has 3 aliphatic heterocycles. The van der Waals surface area contributed by atoms with E-state index in [0.717, 1.165) is 25.7 Å². The van der Waals surface area contributed by atoms with Gasteiger partial charge in [0.25, 0.3) is 0 Å². The number of aliphatic hydroxyl groups excluding tert-OH is 8. The van der Waals surface area contributed by atoms with E-state index in [1.54, 1.807) is 13.8 Å². The number of hydrogen-bond acceptors (Lipinski definition) is 14. The van der Waals surface area contributed by atoms with Crippen molar-refractivity contribution in [1.82, 2.24) is 0 Å². The van der Waals surface area contributed by atoms with Crippen LogP contribution in [0.15, 0.2) is 0 Å². The normalized spacial score (nSPS) is 56.8. The van der Waals surface area contributed by atoms with Crippen LogP contribution in [0.2, 0.25) is 0 Å². The van der Waals surface area contributed by atoms with Crippen LogP contribution in [0.3, 0.4) is 0 Å². The van der Waals surface area contributed by atoms with Crippen molar-refractivity contribution < 1.29 is 69.6 Å². The summed E-state index contributed by atoms with van der Waals surface area (Å²) >= 11 is 0. The number of fused-ring (bicyclic) bond motifs is 5. The van der Waals surface area contributed by atoms with E-state index in [9.17, 15) is 46.0 Å². The smallest absolute Gasteiger partial charge is 0.187 e. The zero-order valence-electron chi connectivity index (χ0n) is 34.0. The van der Waals surface area contributed by atoms with Crippen LogP contribution in [0, 0.1) is 45.3 Å². The van der Waals surface area contributed by atoms with Crippen LogP contribution < -0.4 is 0 Å². The summed E-state index contributed by atoms with van der Waals surface area (Å²) < 4.78 is 31.6. The van der Waals surface area contributed by atoms with Crippen molar-refractivity contribution in [2.75, 3.05) is 13.2 Å². The topological polar surface area (TPSA) is 228 Å². The lowest BCUT2D eigenvalue weighted by Crippen LogP contribution is -2.70. The fourth-order valence-electron chi connectivity index (χ4n) is 14.1. The van der Waals surface area contributed by atoms with Gasteiger partial charge in [-0.3, -0.25) is 0 Å². The summed E-state index contributed by atoms with van der Waals surface area (Å²) in [7, 11) is 0. The highest BCUT2D eigenvalue weighted by molar-refractivity contribution is 5.22. The SMILES string of the molecule is CC(C)(O)[C@@H]1CC[C@@](C)([C@H]2CC[C@H]3[C@]4(C)C[C@H](O[C@@H]5OC[C@@H](O)[C@H](O)[C@H]5O[C@@H]5O[C@H](CO)[C@@H](O)[C@H](O)[C@H]5O)[C@H]5C(C)(C)[C@@H](O)CC[C@]5(C)[C@H]4C[C@@H](O)[C@@]32C)O1. The predicted octanol–water partition coefficient (Wildman–Crippen LogP) is 0.970. The van der Waals surface area contributed by atoms with Crippen molar-refractivity contribution in [2.24, 2.45) is 45.3 Å². The molecular weight excluding hydrogens is 716 g/mol. The van der Waals surface area contributed by atoms with Crippen molar-refractivity contribution >= 4 is 0 Å². The van der Waals surface area contributed by atoms with Gasteiger partial charge in [-0.2, -0.15) is 0 Å². The van der Waals surface area contributed by atoms with Crippen LogP contribution in [-0.4, -0.2) is 150 Å². The van der Waals surface area contributed by atoms with E-state index < -0.39 is 102 Å². The highest BCUT2D eigenvalue weighted by atomic mass is 16.8. The number of ether oxygens (including phenoxy) is 5. The molecule has 0 radical (unpaired) electrons. The Morgan fingerprint density at radius 1 is 0.709 bits per heavy atom. The summed E-state index contributed by atoms with van der Waals surface area (Å²) in [6, 6.07) is 0. The molecule has 4 saturated carbocycles. The molecule has 7 aliphatic rings. The maximum atomic E-state index is 12.5. The summed E-state index contributed by atoms with van der Waals surface area (Å²) in [4.78, 5) is 0. The number of hydrogen-bond donors (Lipinski definition) is 9. The molecule has 7 fully saturated rings. The molecule has 318 valence electrons. The molecule has 0 bridgehead atoms. The molecule has 0 amide bonds. The van der Waals surface area contributed by atoms with E-state index in [1.165, 1.54) is 0 Å². The Morgan fingerprint density at radius 2 is 1.38 bits per heavy atom. The standard InChI is InChI=1S/C41H70O14/c1-36(2)25(44)11-13-38(5)24-15-26(45)41(8)22(9-10-23(41)40(7)14-12-27(55-40)37(3,4)50)39(24,6)16-20(33(36)38)52-35-32(28(46)19(43)18-51-35)54-34-31(49)30(48)29(47)21(17-42)53-34/h19-35,42-50H,9-18H2,1-8H3/t19-,20+,21-,22+,23-,24-,25+,26-,27+,28+,29-,30+,31-,32-,33+,34+,35+,38-,39+,40+,41+/m1/s1. The Morgan fingerprint density at radius 3 is 2.02 bits per heavy atom. The van der Waals surface area contributed by atoms with Crippen LogP contribution >= 0.6 is 0 Å². The Kier molecular flexibility index (Phi) is 11.1. The minimum atomic E-state index is -1.75. The third-order valence-electron chi connectivity index (χ3n) is 16.9. The third-order valence-corrected chi connectivity index (χ3v) is 16.9. The van der Waals surface area contributed by atoms with Crippen molar-refractivity contribution in [3.63, 3.8) is 0 Å². The zero-order chi connectivity index (χ0) is 40.4. The lowest BCUT2D eigenvalue weighted by Gasteiger charge is -2.71. The average Bonchev–Trinajstić information content (AvgIpc) is 3.70. The first kappa shape index (κ1) is 42.6. The van der Waals surface area contributed by atoms with Crippen LogP contribution in [-0.2, 0) is 23.7 Å². The van der Waals surface area contributed by atoms with E-state index in [2.05, 4.69) is 41.5 Å². The maximum Gasteiger partial charge on any atom is 0.187 e. The molecule has 0 aromatic heterocycles. The molecule has 0 aromatic rings. The molecular formula is C41H70O14. The van der Waals surface area contributed by atoms with E-state index in [4.69, 9.17) is 23.7 Å². The van der Waals surface area contributed by atoms with Gasteiger partial charge in [0.05, 0.1) is 48.8 Å². The second kappa shape index (κ2) is 14.3. The van der Waals surface area contributed by atoms with E-state index in [1.807, 2.05) is 0 Å². The quantitative estimate of drug-likeness (QED) is 0.164. The van der Waals surface area contributed by atoms with Crippen LogP contribution in [0.5, 0.6) is 0 Å². The molecule has 3 saturated heterocycles. The third kappa shape index (κ3) is 6.50. The Labute approximate surface area is 325 Å². The molecule has 4 aliphatic carbocycles.